The highest BCUT2D eigenvalue weighted by Gasteiger charge is 2.13. The van der Waals surface area contributed by atoms with Crippen LogP contribution in [0.25, 0.3) is 0 Å². The lowest BCUT2D eigenvalue weighted by Gasteiger charge is -2.07. The second-order valence-electron chi connectivity index (χ2n) is 3.32. The van der Waals surface area contributed by atoms with Gasteiger partial charge in [-0.3, -0.25) is 9.59 Å². The number of anilines is 1. The van der Waals surface area contributed by atoms with E-state index < -0.39 is 0 Å². The third-order valence-corrected chi connectivity index (χ3v) is 3.77. The van der Waals surface area contributed by atoms with E-state index in [9.17, 15) is 9.59 Å². The van der Waals surface area contributed by atoms with E-state index in [2.05, 4.69) is 15.0 Å². The minimum atomic E-state index is -0.252. The molecule has 1 atom stereocenters. The van der Waals surface area contributed by atoms with Gasteiger partial charge in [0.1, 0.15) is 0 Å². The molecule has 1 heterocycles. The van der Waals surface area contributed by atoms with Crippen LogP contribution in [0.3, 0.4) is 0 Å². The highest BCUT2D eigenvalue weighted by molar-refractivity contribution is 8.00. The molecule has 0 bridgehead atoms. The van der Waals surface area contributed by atoms with Gasteiger partial charge in [0.05, 0.1) is 18.8 Å². The Labute approximate surface area is 108 Å². The van der Waals surface area contributed by atoms with Gasteiger partial charge in [-0.2, -0.15) is 11.8 Å². The smallest absolute Gasteiger partial charge is 0.309 e. The average molecular weight is 274 g/mol. The van der Waals surface area contributed by atoms with Gasteiger partial charge in [0.2, 0.25) is 5.91 Å². The van der Waals surface area contributed by atoms with E-state index in [0.717, 1.165) is 0 Å². The number of amides is 1. The molecule has 0 aliphatic rings. The van der Waals surface area contributed by atoms with Crippen LogP contribution >= 0.6 is 23.1 Å². The molecule has 1 N–H and O–H groups in total. The molecule has 0 aromatic carbocycles. The molecule has 94 valence electrons. The van der Waals surface area contributed by atoms with Crippen LogP contribution in [0, 0.1) is 5.92 Å². The van der Waals surface area contributed by atoms with Crippen LogP contribution < -0.4 is 5.32 Å². The molecule has 0 saturated heterocycles. The summed E-state index contributed by atoms with van der Waals surface area (Å²) in [6.45, 7) is 1.78. The molecule has 17 heavy (non-hydrogen) atoms. The number of rotatable bonds is 6. The molecule has 1 aromatic heterocycles. The van der Waals surface area contributed by atoms with E-state index >= 15 is 0 Å². The third kappa shape index (κ3) is 5.18. The van der Waals surface area contributed by atoms with Crippen LogP contribution in [-0.2, 0) is 14.3 Å². The predicted octanol–water partition coefficient (Wildman–Crippen LogP) is 1.62. The van der Waals surface area contributed by atoms with Crippen LogP contribution in [0.2, 0.25) is 0 Å². The Morgan fingerprint density at radius 2 is 2.41 bits per heavy atom. The van der Waals surface area contributed by atoms with Crippen LogP contribution in [0.4, 0.5) is 5.13 Å². The number of nitrogens with zero attached hydrogens (tertiary/aromatic N) is 1. The number of thioether (sulfide) groups is 1. The third-order valence-electron chi connectivity index (χ3n) is 1.88. The van der Waals surface area contributed by atoms with Crippen molar-refractivity contribution in [3.8, 4) is 0 Å². The summed E-state index contributed by atoms with van der Waals surface area (Å²) in [5.41, 5.74) is 0. The summed E-state index contributed by atoms with van der Waals surface area (Å²) in [4.78, 5) is 26.5. The average Bonchev–Trinajstić information content (AvgIpc) is 2.80. The molecule has 1 aromatic rings. The fourth-order valence-corrected chi connectivity index (χ4v) is 2.45. The van der Waals surface area contributed by atoms with Crippen molar-refractivity contribution in [2.45, 2.75) is 6.92 Å². The number of ether oxygens (including phenoxy) is 1. The van der Waals surface area contributed by atoms with Crippen molar-refractivity contribution < 1.29 is 14.3 Å². The number of aromatic nitrogens is 1. The molecule has 0 saturated carbocycles. The Morgan fingerprint density at radius 3 is 3.00 bits per heavy atom. The number of nitrogens with one attached hydrogen (secondary N) is 1. The molecule has 7 heteroatoms. The van der Waals surface area contributed by atoms with Gasteiger partial charge in [-0.1, -0.05) is 6.92 Å². The minimum absolute atomic E-state index is 0.109. The van der Waals surface area contributed by atoms with Crippen molar-refractivity contribution in [1.82, 2.24) is 4.98 Å². The zero-order chi connectivity index (χ0) is 12.7. The fraction of sp³-hybridized carbons (Fsp3) is 0.500. The van der Waals surface area contributed by atoms with Gasteiger partial charge in [0, 0.05) is 17.3 Å². The molecular formula is C10H14N2O3S2. The van der Waals surface area contributed by atoms with Gasteiger partial charge in [-0.25, -0.2) is 4.98 Å². The summed E-state index contributed by atoms with van der Waals surface area (Å²) < 4.78 is 4.59. The van der Waals surface area contributed by atoms with E-state index in [1.807, 2.05) is 0 Å². The summed E-state index contributed by atoms with van der Waals surface area (Å²) in [5, 5.41) is 5.06. The van der Waals surface area contributed by atoms with Crippen molar-refractivity contribution >= 4 is 40.1 Å². The van der Waals surface area contributed by atoms with Crippen LogP contribution in [0.5, 0.6) is 0 Å². The van der Waals surface area contributed by atoms with Crippen LogP contribution in [0.1, 0.15) is 6.92 Å². The maximum Gasteiger partial charge on any atom is 0.309 e. The van der Waals surface area contributed by atoms with Crippen molar-refractivity contribution in [3.63, 3.8) is 0 Å². The number of carbonyl (C=O) groups excluding carboxylic acids is 2. The maximum absolute atomic E-state index is 11.4. The first-order valence-corrected chi connectivity index (χ1v) is 7.02. The predicted molar refractivity (Wildman–Crippen MR) is 69.2 cm³/mol. The summed E-state index contributed by atoms with van der Waals surface area (Å²) in [6.07, 6.45) is 1.63. The first kappa shape index (κ1) is 14.0. The number of thiazole rings is 1. The summed E-state index contributed by atoms with van der Waals surface area (Å²) >= 11 is 2.77. The zero-order valence-electron chi connectivity index (χ0n) is 9.63. The molecular weight excluding hydrogens is 260 g/mol. The molecule has 1 amide bonds. The van der Waals surface area contributed by atoms with Crippen LogP contribution in [-0.4, -0.2) is 35.5 Å². The van der Waals surface area contributed by atoms with Gasteiger partial charge in [-0.05, 0) is 0 Å². The number of esters is 1. The quantitative estimate of drug-likeness (QED) is 0.798. The number of carbonyl (C=O) groups is 2. The number of hydrogen-bond donors (Lipinski definition) is 1. The summed E-state index contributed by atoms with van der Waals surface area (Å²) in [6, 6.07) is 0. The van der Waals surface area contributed by atoms with Gasteiger partial charge in [0.15, 0.2) is 5.13 Å². The van der Waals surface area contributed by atoms with Crippen molar-refractivity contribution in [1.29, 1.82) is 0 Å². The lowest BCUT2D eigenvalue weighted by molar-refractivity contribution is -0.144. The summed E-state index contributed by atoms with van der Waals surface area (Å²) in [5.74, 6) is 0.316. The molecule has 0 aliphatic heterocycles. The lowest BCUT2D eigenvalue weighted by atomic mass is 10.2. The molecule has 0 spiro atoms. The minimum Gasteiger partial charge on any atom is -0.469 e. The van der Waals surface area contributed by atoms with Gasteiger partial charge in [-0.15, -0.1) is 11.3 Å². The first-order chi connectivity index (χ1) is 8.13. The molecule has 0 radical (unpaired) electrons. The zero-order valence-corrected chi connectivity index (χ0v) is 11.3. The second-order valence-corrected chi connectivity index (χ2v) is 5.25. The van der Waals surface area contributed by atoms with E-state index in [1.165, 1.54) is 30.2 Å². The van der Waals surface area contributed by atoms with Gasteiger partial charge < -0.3 is 10.1 Å². The second kappa shape index (κ2) is 7.29. The molecule has 1 unspecified atom stereocenters. The molecule has 0 aliphatic carbocycles. The van der Waals surface area contributed by atoms with E-state index in [4.69, 9.17) is 0 Å². The molecule has 0 fully saturated rings. The van der Waals surface area contributed by atoms with E-state index in [-0.39, 0.29) is 17.8 Å². The monoisotopic (exact) mass is 274 g/mol. The van der Waals surface area contributed by atoms with E-state index in [1.54, 1.807) is 18.5 Å². The maximum atomic E-state index is 11.4. The summed E-state index contributed by atoms with van der Waals surface area (Å²) in [7, 11) is 1.36. The number of methoxy groups -OCH3 is 1. The molecule has 5 nitrogen and oxygen atoms in total. The lowest BCUT2D eigenvalue weighted by Crippen LogP contribution is -2.18. The highest BCUT2D eigenvalue weighted by atomic mass is 32.2. The topological polar surface area (TPSA) is 68.3 Å². The van der Waals surface area contributed by atoms with Crippen molar-refractivity contribution in [2.75, 3.05) is 23.9 Å². The van der Waals surface area contributed by atoms with Gasteiger partial charge >= 0.3 is 5.97 Å². The Balaban J connectivity index is 2.18. The SMILES string of the molecule is COC(=O)C(C)CSCC(=O)Nc1nccs1. The Bertz CT molecular complexity index is 368. The molecule has 1 rings (SSSR count). The Kier molecular flexibility index (Phi) is 5.99. The largest absolute Gasteiger partial charge is 0.469 e. The Hall–Kier alpha value is -1.08. The number of hydrogen-bond acceptors (Lipinski definition) is 6. The van der Waals surface area contributed by atoms with E-state index in [0.29, 0.717) is 16.6 Å². The van der Waals surface area contributed by atoms with Crippen molar-refractivity contribution in [3.05, 3.63) is 11.6 Å². The van der Waals surface area contributed by atoms with Crippen LogP contribution in [0.15, 0.2) is 11.6 Å². The normalized spacial score (nSPS) is 11.9. The highest BCUT2D eigenvalue weighted by Crippen LogP contribution is 2.13. The Morgan fingerprint density at radius 1 is 1.65 bits per heavy atom. The standard InChI is InChI=1S/C10H14N2O3S2/c1-7(9(14)15-2)5-16-6-8(13)12-10-11-3-4-17-10/h3-4,7H,5-6H2,1-2H3,(H,11,12,13). The fourth-order valence-electron chi connectivity index (χ4n) is 1.04. The van der Waals surface area contributed by atoms with Crippen molar-refractivity contribution in [2.24, 2.45) is 5.92 Å². The first-order valence-electron chi connectivity index (χ1n) is 4.98. The van der Waals surface area contributed by atoms with Gasteiger partial charge in [0.25, 0.3) is 0 Å².